The molecule has 0 bridgehead atoms. The Kier molecular flexibility index (Phi) is 17.3. The number of nitrogens with one attached hydrogen (secondary N) is 1. The standard InChI is InChI=1S/C20H42N2O/c1-4-7-10-13-17-22(18-14-11-8-5-2)19-16-21-20(23)15-12-9-6-3/h4-19H2,1-3H3,(H,21,23). The molecule has 0 fully saturated rings. The molecule has 138 valence electrons. The lowest BCUT2D eigenvalue weighted by molar-refractivity contribution is -0.121. The van der Waals surface area contributed by atoms with Gasteiger partial charge in [-0.3, -0.25) is 4.79 Å². The molecule has 0 aromatic rings. The number of carbonyl (C=O) groups excluding carboxylic acids is 1. The van der Waals surface area contributed by atoms with Gasteiger partial charge in [-0.1, -0.05) is 72.1 Å². The van der Waals surface area contributed by atoms with Crippen LogP contribution in [0, 0.1) is 0 Å². The maximum Gasteiger partial charge on any atom is 0.220 e. The summed E-state index contributed by atoms with van der Waals surface area (Å²) < 4.78 is 0. The van der Waals surface area contributed by atoms with Gasteiger partial charge in [0.2, 0.25) is 5.91 Å². The van der Waals surface area contributed by atoms with Crippen molar-refractivity contribution in [2.75, 3.05) is 26.2 Å². The monoisotopic (exact) mass is 326 g/mol. The first kappa shape index (κ1) is 22.4. The average Bonchev–Trinajstić information content (AvgIpc) is 2.55. The minimum absolute atomic E-state index is 0.232. The van der Waals surface area contributed by atoms with Crippen molar-refractivity contribution in [1.29, 1.82) is 0 Å². The maximum absolute atomic E-state index is 11.8. The Morgan fingerprint density at radius 1 is 0.696 bits per heavy atom. The Morgan fingerprint density at radius 2 is 1.22 bits per heavy atom. The van der Waals surface area contributed by atoms with Crippen molar-refractivity contribution < 1.29 is 4.79 Å². The summed E-state index contributed by atoms with van der Waals surface area (Å²) in [6, 6.07) is 0. The molecule has 1 N–H and O–H groups in total. The Morgan fingerprint density at radius 3 is 1.74 bits per heavy atom. The fraction of sp³-hybridized carbons (Fsp3) is 0.950. The van der Waals surface area contributed by atoms with E-state index >= 15 is 0 Å². The number of rotatable bonds is 17. The summed E-state index contributed by atoms with van der Waals surface area (Å²) in [6.45, 7) is 10.9. The average molecular weight is 327 g/mol. The molecule has 0 rings (SSSR count). The zero-order valence-electron chi connectivity index (χ0n) is 16.2. The van der Waals surface area contributed by atoms with E-state index in [2.05, 4.69) is 31.0 Å². The first-order valence-electron chi connectivity index (χ1n) is 10.2. The van der Waals surface area contributed by atoms with Gasteiger partial charge < -0.3 is 10.2 Å². The Balaban J connectivity index is 3.86. The van der Waals surface area contributed by atoms with Crippen LogP contribution < -0.4 is 5.32 Å². The molecular formula is C20H42N2O. The van der Waals surface area contributed by atoms with Gasteiger partial charge in [0.1, 0.15) is 0 Å². The quantitative estimate of drug-likeness (QED) is 0.375. The second-order valence-electron chi connectivity index (χ2n) is 6.77. The fourth-order valence-corrected chi connectivity index (χ4v) is 2.84. The molecule has 0 aliphatic carbocycles. The van der Waals surface area contributed by atoms with Crippen LogP contribution in [0.15, 0.2) is 0 Å². The third kappa shape index (κ3) is 16.1. The summed E-state index contributed by atoms with van der Waals surface area (Å²) in [6.07, 6.45) is 14.6. The molecular weight excluding hydrogens is 284 g/mol. The van der Waals surface area contributed by atoms with Gasteiger partial charge in [-0.25, -0.2) is 0 Å². The highest BCUT2D eigenvalue weighted by Crippen LogP contribution is 2.05. The zero-order chi connectivity index (χ0) is 17.2. The topological polar surface area (TPSA) is 32.3 Å². The molecule has 0 heterocycles. The van der Waals surface area contributed by atoms with Crippen molar-refractivity contribution in [3.05, 3.63) is 0 Å². The highest BCUT2D eigenvalue weighted by molar-refractivity contribution is 5.75. The molecule has 0 saturated heterocycles. The molecule has 0 atom stereocenters. The van der Waals surface area contributed by atoms with Crippen molar-refractivity contribution in [1.82, 2.24) is 10.2 Å². The molecule has 3 heteroatoms. The van der Waals surface area contributed by atoms with Gasteiger partial charge in [0, 0.05) is 19.5 Å². The first-order valence-corrected chi connectivity index (χ1v) is 10.2. The lowest BCUT2D eigenvalue weighted by atomic mass is 10.1. The van der Waals surface area contributed by atoms with Gasteiger partial charge in [0.05, 0.1) is 0 Å². The fourth-order valence-electron chi connectivity index (χ4n) is 2.84. The van der Waals surface area contributed by atoms with Crippen LogP contribution in [0.3, 0.4) is 0 Å². The largest absolute Gasteiger partial charge is 0.355 e. The Bertz CT molecular complexity index is 244. The normalized spacial score (nSPS) is 11.1. The molecule has 0 saturated carbocycles. The number of carbonyl (C=O) groups is 1. The highest BCUT2D eigenvalue weighted by Gasteiger charge is 2.06. The van der Waals surface area contributed by atoms with Crippen molar-refractivity contribution >= 4 is 5.91 Å². The van der Waals surface area contributed by atoms with Gasteiger partial charge in [0.25, 0.3) is 0 Å². The number of hydrogen-bond acceptors (Lipinski definition) is 2. The molecule has 0 aromatic heterocycles. The summed E-state index contributed by atoms with van der Waals surface area (Å²) in [5.41, 5.74) is 0. The number of amides is 1. The Labute approximate surface area is 145 Å². The predicted octanol–water partition coefficient (Wildman–Crippen LogP) is 5.15. The van der Waals surface area contributed by atoms with Crippen molar-refractivity contribution in [3.63, 3.8) is 0 Å². The predicted molar refractivity (Wildman–Crippen MR) is 102 cm³/mol. The molecule has 3 nitrogen and oxygen atoms in total. The van der Waals surface area contributed by atoms with Crippen LogP contribution in [0.2, 0.25) is 0 Å². The minimum atomic E-state index is 0.232. The molecule has 1 amide bonds. The van der Waals surface area contributed by atoms with E-state index in [0.29, 0.717) is 6.42 Å². The number of unbranched alkanes of at least 4 members (excludes halogenated alkanes) is 8. The highest BCUT2D eigenvalue weighted by atomic mass is 16.1. The summed E-state index contributed by atoms with van der Waals surface area (Å²) >= 11 is 0. The third-order valence-electron chi connectivity index (χ3n) is 4.41. The van der Waals surface area contributed by atoms with E-state index in [1.165, 1.54) is 70.9 Å². The summed E-state index contributed by atoms with van der Waals surface area (Å²) in [4.78, 5) is 14.3. The van der Waals surface area contributed by atoms with E-state index in [4.69, 9.17) is 0 Å². The zero-order valence-corrected chi connectivity index (χ0v) is 16.2. The molecule has 23 heavy (non-hydrogen) atoms. The van der Waals surface area contributed by atoms with E-state index in [1.807, 2.05) is 0 Å². The van der Waals surface area contributed by atoms with E-state index in [9.17, 15) is 4.79 Å². The van der Waals surface area contributed by atoms with Crippen LogP contribution in [-0.2, 0) is 4.79 Å². The number of nitrogens with zero attached hydrogens (tertiary/aromatic N) is 1. The lowest BCUT2D eigenvalue weighted by Gasteiger charge is -2.22. The first-order chi connectivity index (χ1) is 11.2. The van der Waals surface area contributed by atoms with Crippen LogP contribution in [0.4, 0.5) is 0 Å². The Hall–Kier alpha value is -0.570. The molecule has 0 aliphatic heterocycles. The maximum atomic E-state index is 11.8. The van der Waals surface area contributed by atoms with Gasteiger partial charge in [-0.2, -0.15) is 0 Å². The smallest absolute Gasteiger partial charge is 0.220 e. The van der Waals surface area contributed by atoms with Gasteiger partial charge in [-0.15, -0.1) is 0 Å². The summed E-state index contributed by atoms with van der Waals surface area (Å²) in [5.74, 6) is 0.232. The van der Waals surface area contributed by atoms with Crippen LogP contribution in [-0.4, -0.2) is 37.0 Å². The van der Waals surface area contributed by atoms with E-state index in [-0.39, 0.29) is 5.91 Å². The minimum Gasteiger partial charge on any atom is -0.355 e. The van der Waals surface area contributed by atoms with Crippen LogP contribution in [0.25, 0.3) is 0 Å². The van der Waals surface area contributed by atoms with Crippen molar-refractivity contribution in [3.8, 4) is 0 Å². The van der Waals surface area contributed by atoms with Crippen LogP contribution in [0.1, 0.15) is 97.8 Å². The van der Waals surface area contributed by atoms with Gasteiger partial charge >= 0.3 is 0 Å². The molecule has 0 radical (unpaired) electrons. The summed E-state index contributed by atoms with van der Waals surface area (Å²) in [7, 11) is 0. The molecule has 0 spiro atoms. The van der Waals surface area contributed by atoms with Crippen LogP contribution in [0.5, 0.6) is 0 Å². The van der Waals surface area contributed by atoms with Crippen LogP contribution >= 0.6 is 0 Å². The van der Waals surface area contributed by atoms with E-state index < -0.39 is 0 Å². The van der Waals surface area contributed by atoms with Gasteiger partial charge in [0.15, 0.2) is 0 Å². The lowest BCUT2D eigenvalue weighted by Crippen LogP contribution is -2.36. The van der Waals surface area contributed by atoms with E-state index in [0.717, 1.165) is 25.9 Å². The molecule has 0 aliphatic rings. The third-order valence-corrected chi connectivity index (χ3v) is 4.41. The number of hydrogen-bond donors (Lipinski definition) is 1. The second-order valence-corrected chi connectivity index (χ2v) is 6.77. The van der Waals surface area contributed by atoms with Crippen molar-refractivity contribution in [2.45, 2.75) is 97.8 Å². The summed E-state index contributed by atoms with van der Waals surface area (Å²) in [5, 5.41) is 3.09. The molecule has 0 aromatic carbocycles. The molecule has 0 unspecified atom stereocenters. The van der Waals surface area contributed by atoms with E-state index in [1.54, 1.807) is 0 Å². The van der Waals surface area contributed by atoms with Crippen molar-refractivity contribution in [2.24, 2.45) is 0 Å². The SMILES string of the molecule is CCCCCCN(CCCCCC)CCNC(=O)CCCCC. The van der Waals surface area contributed by atoms with Gasteiger partial charge in [-0.05, 0) is 32.4 Å². The second kappa shape index (κ2) is 17.8.